The summed E-state index contributed by atoms with van der Waals surface area (Å²) in [7, 11) is -3.51. The average molecular weight is 448 g/mol. The predicted octanol–water partition coefficient (Wildman–Crippen LogP) is 4.90. The fourth-order valence-electron chi connectivity index (χ4n) is 3.28. The summed E-state index contributed by atoms with van der Waals surface area (Å²) in [4.78, 5) is -0.00800. The van der Waals surface area contributed by atoms with Gasteiger partial charge in [0, 0.05) is 17.9 Å². The molecule has 2 aromatic rings. The maximum atomic E-state index is 13.5. The van der Waals surface area contributed by atoms with E-state index in [1.807, 2.05) is 0 Å². The molecule has 0 saturated carbocycles. The van der Waals surface area contributed by atoms with Gasteiger partial charge in [0.05, 0.1) is 11.3 Å². The van der Waals surface area contributed by atoms with Crippen LogP contribution >= 0.6 is 0 Å². The van der Waals surface area contributed by atoms with Crippen LogP contribution in [0.15, 0.2) is 53.1 Å². The summed E-state index contributed by atoms with van der Waals surface area (Å²) < 4.78 is 101. The van der Waals surface area contributed by atoms with Crippen molar-refractivity contribution < 1.29 is 39.8 Å². The number of rotatable bonds is 5. The molecular weight excluding hydrogens is 431 g/mol. The van der Waals surface area contributed by atoms with E-state index in [4.69, 9.17) is 9.47 Å². The fraction of sp³-hybridized carbons (Fsp3) is 0.300. The van der Waals surface area contributed by atoms with Crippen molar-refractivity contribution >= 4 is 15.4 Å². The molecule has 1 unspecified atom stereocenters. The highest BCUT2D eigenvalue weighted by Gasteiger charge is 2.48. The Hall–Kier alpha value is -2.46. The van der Waals surface area contributed by atoms with Crippen LogP contribution in [0.1, 0.15) is 18.9 Å². The zero-order valence-corrected chi connectivity index (χ0v) is 16.7. The van der Waals surface area contributed by atoms with Crippen molar-refractivity contribution in [2.45, 2.75) is 30.0 Å². The number of benzene rings is 2. The Morgan fingerprint density at radius 3 is 2.23 bits per heavy atom. The Morgan fingerprint density at radius 1 is 1.07 bits per heavy atom. The molecule has 0 aromatic heterocycles. The average Bonchev–Trinajstić information content (AvgIpc) is 2.91. The lowest BCUT2D eigenvalue weighted by atomic mass is 9.87. The van der Waals surface area contributed by atoms with Crippen molar-refractivity contribution in [3.63, 3.8) is 0 Å². The highest BCUT2D eigenvalue weighted by Crippen LogP contribution is 2.45. The van der Waals surface area contributed by atoms with Crippen molar-refractivity contribution in [2.75, 3.05) is 12.9 Å². The Labute approximate surface area is 169 Å². The molecule has 1 aliphatic heterocycles. The first-order chi connectivity index (χ1) is 13.8. The van der Waals surface area contributed by atoms with Gasteiger partial charge in [-0.1, -0.05) is 12.1 Å². The van der Waals surface area contributed by atoms with Crippen LogP contribution in [0.2, 0.25) is 0 Å². The summed E-state index contributed by atoms with van der Waals surface area (Å²) in [5.74, 6) is -2.41. The van der Waals surface area contributed by atoms with Crippen LogP contribution in [0.5, 0.6) is 5.75 Å². The van der Waals surface area contributed by atoms with Crippen molar-refractivity contribution in [1.29, 1.82) is 0 Å². The highest BCUT2D eigenvalue weighted by molar-refractivity contribution is 7.90. The van der Waals surface area contributed by atoms with E-state index in [1.54, 1.807) is 0 Å². The smallest absolute Gasteiger partial charge is 0.392 e. The number of halogens is 5. The lowest BCUT2D eigenvalue weighted by molar-refractivity contribution is -0.167. The third-order valence-corrected chi connectivity index (χ3v) is 5.70. The summed E-state index contributed by atoms with van der Waals surface area (Å²) in [6.07, 6.45) is -4.89. The predicted molar refractivity (Wildman–Crippen MR) is 98.5 cm³/mol. The molecule has 2 aromatic carbocycles. The minimum atomic E-state index is -4.57. The molecule has 162 valence electrons. The van der Waals surface area contributed by atoms with Crippen LogP contribution in [0.3, 0.4) is 0 Å². The first-order valence-electron chi connectivity index (χ1n) is 8.66. The number of sulfone groups is 1. The first-order valence-corrected chi connectivity index (χ1v) is 10.6. The lowest BCUT2D eigenvalue weighted by Crippen LogP contribution is -2.33. The third-order valence-electron chi connectivity index (χ3n) is 4.57. The Kier molecular flexibility index (Phi) is 5.68. The van der Waals surface area contributed by atoms with Crippen LogP contribution in [0, 0.1) is 11.6 Å². The molecule has 30 heavy (non-hydrogen) atoms. The van der Waals surface area contributed by atoms with Crippen LogP contribution in [-0.4, -0.2) is 33.1 Å². The second kappa shape index (κ2) is 7.66. The summed E-state index contributed by atoms with van der Waals surface area (Å²) in [6, 6.07) is 7.96. The molecule has 0 fully saturated rings. The van der Waals surface area contributed by atoms with E-state index in [1.165, 1.54) is 31.2 Å². The molecule has 0 bridgehead atoms. The third kappa shape index (κ3) is 4.81. The van der Waals surface area contributed by atoms with E-state index in [2.05, 4.69) is 0 Å². The first kappa shape index (κ1) is 22.2. The fourth-order valence-corrected chi connectivity index (χ4v) is 3.91. The van der Waals surface area contributed by atoms with Crippen LogP contribution in [-0.2, 0) is 14.6 Å². The molecule has 0 aliphatic carbocycles. The SMILES string of the molecule is CC1(CC(F)(F)F)OCC(Oc2ccc(F)c(F)c2)=C1c1ccc(S(C)(=O)=O)cc1. The summed E-state index contributed by atoms with van der Waals surface area (Å²) in [6.45, 7) is 0.899. The van der Waals surface area contributed by atoms with Crippen LogP contribution in [0.25, 0.3) is 5.57 Å². The van der Waals surface area contributed by atoms with Gasteiger partial charge in [-0.05, 0) is 36.8 Å². The Morgan fingerprint density at radius 2 is 1.70 bits per heavy atom. The number of ether oxygens (including phenoxy) is 2. The highest BCUT2D eigenvalue weighted by atomic mass is 32.2. The van der Waals surface area contributed by atoms with Gasteiger partial charge in [0.15, 0.2) is 21.5 Å². The molecule has 1 atom stereocenters. The van der Waals surface area contributed by atoms with E-state index in [0.29, 0.717) is 0 Å². The van der Waals surface area contributed by atoms with Crippen LogP contribution < -0.4 is 4.74 Å². The van der Waals surface area contributed by atoms with Crippen molar-refractivity contribution in [1.82, 2.24) is 0 Å². The van der Waals surface area contributed by atoms with Crippen LogP contribution in [0.4, 0.5) is 22.0 Å². The van der Waals surface area contributed by atoms with Gasteiger partial charge in [0.25, 0.3) is 0 Å². The minimum Gasteiger partial charge on any atom is -0.459 e. The van der Waals surface area contributed by atoms with Gasteiger partial charge < -0.3 is 9.47 Å². The van der Waals surface area contributed by atoms with E-state index in [-0.39, 0.29) is 34.1 Å². The Bertz CT molecular complexity index is 1090. The quantitative estimate of drug-likeness (QED) is 0.611. The summed E-state index contributed by atoms with van der Waals surface area (Å²) in [5, 5.41) is 0. The zero-order chi connectivity index (χ0) is 22.3. The molecule has 0 saturated heterocycles. The maximum absolute atomic E-state index is 13.5. The second-order valence-electron chi connectivity index (χ2n) is 7.08. The van der Waals surface area contributed by atoms with E-state index >= 15 is 0 Å². The van der Waals surface area contributed by atoms with Gasteiger partial charge >= 0.3 is 6.18 Å². The van der Waals surface area contributed by atoms with Gasteiger partial charge in [0.1, 0.15) is 23.7 Å². The molecular formula is C20H17F5O4S. The number of alkyl halides is 3. The monoisotopic (exact) mass is 448 g/mol. The van der Waals surface area contributed by atoms with Gasteiger partial charge in [-0.2, -0.15) is 13.2 Å². The minimum absolute atomic E-state index is 0.00800. The second-order valence-corrected chi connectivity index (χ2v) is 9.10. The van der Waals surface area contributed by atoms with E-state index in [0.717, 1.165) is 24.5 Å². The lowest BCUT2D eigenvalue weighted by Gasteiger charge is -2.28. The molecule has 10 heteroatoms. The number of hydrogen-bond donors (Lipinski definition) is 0. The largest absolute Gasteiger partial charge is 0.459 e. The maximum Gasteiger partial charge on any atom is 0.392 e. The van der Waals surface area contributed by atoms with Crippen molar-refractivity contribution in [2.24, 2.45) is 0 Å². The molecule has 4 nitrogen and oxygen atoms in total. The molecule has 0 radical (unpaired) electrons. The van der Waals surface area contributed by atoms with Gasteiger partial charge in [-0.25, -0.2) is 17.2 Å². The molecule has 3 rings (SSSR count). The van der Waals surface area contributed by atoms with Crippen molar-refractivity contribution in [3.8, 4) is 5.75 Å². The standard InChI is InChI=1S/C20H17F5O4S/c1-19(11-20(23,24)25)18(12-3-6-14(7-4-12)30(2,26)27)17(10-28-19)29-13-5-8-15(21)16(22)9-13/h3-9H,10-11H2,1-2H3. The molecule has 0 spiro atoms. The molecule has 1 aliphatic rings. The van der Waals surface area contributed by atoms with Gasteiger partial charge in [0.2, 0.25) is 0 Å². The van der Waals surface area contributed by atoms with Gasteiger partial charge in [-0.15, -0.1) is 0 Å². The topological polar surface area (TPSA) is 52.6 Å². The van der Waals surface area contributed by atoms with Gasteiger partial charge in [-0.3, -0.25) is 0 Å². The Balaban J connectivity index is 2.09. The van der Waals surface area contributed by atoms with E-state index < -0.39 is 39.7 Å². The molecule has 0 N–H and O–H groups in total. The zero-order valence-electron chi connectivity index (χ0n) is 15.9. The summed E-state index contributed by atoms with van der Waals surface area (Å²) in [5.41, 5.74) is -1.52. The van der Waals surface area contributed by atoms with E-state index in [9.17, 15) is 30.4 Å². The normalized spacial score (nSPS) is 20.0. The molecule has 1 heterocycles. The summed E-state index contributed by atoms with van der Waals surface area (Å²) >= 11 is 0. The molecule has 0 amide bonds. The van der Waals surface area contributed by atoms with Crippen molar-refractivity contribution in [3.05, 3.63) is 65.4 Å². The number of hydrogen-bond acceptors (Lipinski definition) is 4.